The van der Waals surface area contributed by atoms with Crippen LogP contribution in [0.1, 0.15) is 52.9 Å². The lowest BCUT2D eigenvalue weighted by Crippen LogP contribution is -2.33. The zero-order chi connectivity index (χ0) is 12.7. The van der Waals surface area contributed by atoms with Gasteiger partial charge in [0, 0.05) is 28.3 Å². The molecule has 3 atom stereocenters. The van der Waals surface area contributed by atoms with Crippen molar-refractivity contribution in [2.75, 3.05) is 18.1 Å². The first-order chi connectivity index (χ1) is 8.13. The van der Waals surface area contributed by atoms with E-state index in [0.717, 1.165) is 30.4 Å². The van der Waals surface area contributed by atoms with Gasteiger partial charge < -0.3 is 5.32 Å². The molecule has 1 rings (SSSR count). The van der Waals surface area contributed by atoms with Gasteiger partial charge in [-0.2, -0.15) is 0 Å². The van der Waals surface area contributed by atoms with Crippen LogP contribution in [0.15, 0.2) is 0 Å². The minimum Gasteiger partial charge on any atom is -0.314 e. The highest BCUT2D eigenvalue weighted by Gasteiger charge is 2.26. The first-order valence-corrected chi connectivity index (χ1v) is 8.70. The van der Waals surface area contributed by atoms with Crippen LogP contribution >= 0.6 is 0 Å². The van der Waals surface area contributed by atoms with Crippen LogP contribution in [-0.2, 0) is 10.8 Å². The molecular weight excluding hydrogens is 230 g/mol. The standard InChI is InChI=1S/C14H29NOS/c1-4-9-15-14-7-5-6-13(14)8-10-17(16)11-12(2)3/h12-15H,4-11H2,1-3H3. The normalized spacial score (nSPS) is 26.6. The molecule has 0 heterocycles. The van der Waals surface area contributed by atoms with E-state index < -0.39 is 10.8 Å². The topological polar surface area (TPSA) is 29.1 Å². The molecule has 0 amide bonds. The summed E-state index contributed by atoms with van der Waals surface area (Å²) in [6, 6.07) is 0.700. The molecule has 0 saturated heterocycles. The third kappa shape index (κ3) is 6.01. The maximum atomic E-state index is 11.8. The van der Waals surface area contributed by atoms with Gasteiger partial charge >= 0.3 is 0 Å². The molecule has 0 radical (unpaired) electrons. The molecule has 0 aromatic carbocycles. The zero-order valence-corrected chi connectivity index (χ0v) is 12.5. The van der Waals surface area contributed by atoms with Gasteiger partial charge in [0.15, 0.2) is 0 Å². The molecule has 0 aromatic heterocycles. The van der Waals surface area contributed by atoms with Crippen molar-refractivity contribution in [3.05, 3.63) is 0 Å². The van der Waals surface area contributed by atoms with Crippen molar-refractivity contribution in [3.63, 3.8) is 0 Å². The second kappa shape index (κ2) is 8.25. The number of hydrogen-bond acceptors (Lipinski definition) is 2. The third-order valence-electron chi connectivity index (χ3n) is 3.55. The van der Waals surface area contributed by atoms with Crippen LogP contribution < -0.4 is 5.32 Å². The fraction of sp³-hybridized carbons (Fsp3) is 1.00. The molecule has 0 bridgehead atoms. The molecule has 102 valence electrons. The number of nitrogens with one attached hydrogen (secondary N) is 1. The zero-order valence-electron chi connectivity index (χ0n) is 11.7. The molecule has 1 aliphatic rings. The highest BCUT2D eigenvalue weighted by molar-refractivity contribution is 7.84. The summed E-state index contributed by atoms with van der Waals surface area (Å²) in [7, 11) is -0.595. The quantitative estimate of drug-likeness (QED) is 0.726. The van der Waals surface area contributed by atoms with Crippen LogP contribution in [0.25, 0.3) is 0 Å². The molecule has 3 unspecified atom stereocenters. The molecule has 0 aromatic rings. The highest BCUT2D eigenvalue weighted by Crippen LogP contribution is 2.28. The average Bonchev–Trinajstić information content (AvgIpc) is 2.70. The monoisotopic (exact) mass is 259 g/mol. The van der Waals surface area contributed by atoms with E-state index in [1.807, 2.05) is 0 Å². The highest BCUT2D eigenvalue weighted by atomic mass is 32.2. The van der Waals surface area contributed by atoms with Crippen LogP contribution in [0.4, 0.5) is 0 Å². The summed E-state index contributed by atoms with van der Waals surface area (Å²) in [4.78, 5) is 0. The van der Waals surface area contributed by atoms with Crippen LogP contribution in [-0.4, -0.2) is 28.3 Å². The summed E-state index contributed by atoms with van der Waals surface area (Å²) < 4.78 is 11.8. The van der Waals surface area contributed by atoms with E-state index in [2.05, 4.69) is 26.1 Å². The SMILES string of the molecule is CCCNC1CCCC1CCS(=O)CC(C)C. The van der Waals surface area contributed by atoms with E-state index in [-0.39, 0.29) is 0 Å². The van der Waals surface area contributed by atoms with Gasteiger partial charge in [-0.25, -0.2) is 0 Å². The van der Waals surface area contributed by atoms with Gasteiger partial charge in [-0.15, -0.1) is 0 Å². The van der Waals surface area contributed by atoms with E-state index in [1.54, 1.807) is 0 Å². The Hall–Kier alpha value is 0.110. The minimum atomic E-state index is -0.595. The van der Waals surface area contributed by atoms with Crippen molar-refractivity contribution in [2.45, 2.75) is 58.9 Å². The predicted molar refractivity (Wildman–Crippen MR) is 76.8 cm³/mol. The van der Waals surface area contributed by atoms with E-state index in [4.69, 9.17) is 0 Å². The number of hydrogen-bond donors (Lipinski definition) is 1. The first-order valence-electron chi connectivity index (χ1n) is 7.21. The first kappa shape index (κ1) is 15.2. The maximum Gasteiger partial charge on any atom is 0.0257 e. The van der Waals surface area contributed by atoms with Gasteiger partial charge in [0.1, 0.15) is 0 Å². The Bertz CT molecular complexity index is 230. The molecule has 2 nitrogen and oxygen atoms in total. The summed E-state index contributed by atoms with van der Waals surface area (Å²) in [5, 5.41) is 3.65. The smallest absolute Gasteiger partial charge is 0.0257 e. The minimum absolute atomic E-state index is 0.563. The second-order valence-electron chi connectivity index (χ2n) is 5.74. The van der Waals surface area contributed by atoms with E-state index in [1.165, 1.54) is 25.7 Å². The second-order valence-corrected chi connectivity index (χ2v) is 7.37. The van der Waals surface area contributed by atoms with Gasteiger partial charge in [-0.05, 0) is 44.1 Å². The summed E-state index contributed by atoms with van der Waals surface area (Å²) in [5.41, 5.74) is 0. The van der Waals surface area contributed by atoms with E-state index in [0.29, 0.717) is 12.0 Å². The van der Waals surface area contributed by atoms with Gasteiger partial charge in [0.2, 0.25) is 0 Å². The summed E-state index contributed by atoms with van der Waals surface area (Å²) in [6.07, 6.45) is 6.37. The molecule has 17 heavy (non-hydrogen) atoms. The van der Waals surface area contributed by atoms with Gasteiger partial charge in [0.05, 0.1) is 0 Å². The molecule has 1 saturated carbocycles. The van der Waals surface area contributed by atoms with Crippen molar-refractivity contribution >= 4 is 10.8 Å². The van der Waals surface area contributed by atoms with E-state index in [9.17, 15) is 4.21 Å². The summed E-state index contributed by atoms with van der Waals surface area (Å²) in [6.45, 7) is 7.66. The van der Waals surface area contributed by atoms with Crippen molar-refractivity contribution in [1.82, 2.24) is 5.32 Å². The average molecular weight is 259 g/mol. The number of rotatable bonds is 8. The van der Waals surface area contributed by atoms with Crippen molar-refractivity contribution in [1.29, 1.82) is 0 Å². The molecule has 0 aliphatic heterocycles. The molecule has 1 fully saturated rings. The van der Waals surface area contributed by atoms with Crippen LogP contribution in [0.2, 0.25) is 0 Å². The summed E-state index contributed by atoms with van der Waals surface area (Å²) >= 11 is 0. The largest absolute Gasteiger partial charge is 0.314 e. The lowest BCUT2D eigenvalue weighted by molar-refractivity contribution is 0.392. The lowest BCUT2D eigenvalue weighted by Gasteiger charge is -2.20. The van der Waals surface area contributed by atoms with Crippen molar-refractivity contribution in [3.8, 4) is 0 Å². The summed E-state index contributed by atoms with van der Waals surface area (Å²) in [5.74, 6) is 3.12. The fourth-order valence-corrected chi connectivity index (χ4v) is 4.19. The molecule has 1 aliphatic carbocycles. The Morgan fingerprint density at radius 2 is 2.12 bits per heavy atom. The Balaban J connectivity index is 2.23. The van der Waals surface area contributed by atoms with Crippen molar-refractivity contribution < 1.29 is 4.21 Å². The van der Waals surface area contributed by atoms with Crippen molar-refractivity contribution in [2.24, 2.45) is 11.8 Å². The Labute approximate surface area is 109 Å². The Morgan fingerprint density at radius 1 is 1.35 bits per heavy atom. The Morgan fingerprint density at radius 3 is 2.76 bits per heavy atom. The van der Waals surface area contributed by atoms with Gasteiger partial charge in [-0.1, -0.05) is 27.2 Å². The lowest BCUT2D eigenvalue weighted by atomic mass is 10.0. The molecule has 3 heteroatoms. The van der Waals surface area contributed by atoms with E-state index >= 15 is 0 Å². The van der Waals surface area contributed by atoms with Crippen LogP contribution in [0, 0.1) is 11.8 Å². The fourth-order valence-electron chi connectivity index (χ4n) is 2.72. The third-order valence-corrected chi connectivity index (χ3v) is 5.28. The predicted octanol–water partition coefficient (Wildman–Crippen LogP) is 2.95. The Kier molecular flexibility index (Phi) is 7.36. The maximum absolute atomic E-state index is 11.8. The van der Waals surface area contributed by atoms with Gasteiger partial charge in [0.25, 0.3) is 0 Å². The van der Waals surface area contributed by atoms with Gasteiger partial charge in [-0.3, -0.25) is 4.21 Å². The van der Waals surface area contributed by atoms with Crippen LogP contribution in [0.3, 0.4) is 0 Å². The molecular formula is C14H29NOS. The van der Waals surface area contributed by atoms with Crippen LogP contribution in [0.5, 0.6) is 0 Å². The molecule has 0 spiro atoms. The molecule has 1 N–H and O–H groups in total.